The van der Waals surface area contributed by atoms with Crippen molar-refractivity contribution in [2.45, 2.75) is 19.3 Å². The van der Waals surface area contributed by atoms with Crippen molar-refractivity contribution in [3.63, 3.8) is 0 Å². The molecule has 1 fully saturated rings. The van der Waals surface area contributed by atoms with Gasteiger partial charge in [0, 0.05) is 25.4 Å². The molecule has 124 valence electrons. The Labute approximate surface area is 143 Å². The predicted molar refractivity (Wildman–Crippen MR) is 95.9 cm³/mol. The van der Waals surface area contributed by atoms with Crippen LogP contribution >= 0.6 is 24.2 Å². The van der Waals surface area contributed by atoms with Gasteiger partial charge in [-0.25, -0.2) is 0 Å². The maximum Gasteiger partial charge on any atom is 0.232 e. The predicted octanol–water partition coefficient (Wildman–Crippen LogP) is 2.71. The molecule has 2 rings (SSSR count). The van der Waals surface area contributed by atoms with Crippen molar-refractivity contribution < 1.29 is 9.53 Å². The van der Waals surface area contributed by atoms with Gasteiger partial charge in [0.05, 0.1) is 5.41 Å². The standard InChI is InChI=1S/C16H24N2O2S.ClH/c1-21-11-6-13-2-4-14(5-3-13)18-15(19)16(12-17)7-9-20-10-8-16;/h2-5H,6-12,17H2,1H3,(H,18,19);1H. The zero-order valence-corrected chi connectivity index (χ0v) is 14.6. The van der Waals surface area contributed by atoms with Crippen LogP contribution in [0.5, 0.6) is 0 Å². The van der Waals surface area contributed by atoms with Crippen LogP contribution < -0.4 is 11.1 Å². The Morgan fingerprint density at radius 3 is 2.50 bits per heavy atom. The van der Waals surface area contributed by atoms with Gasteiger partial charge in [0.15, 0.2) is 0 Å². The molecule has 0 spiro atoms. The van der Waals surface area contributed by atoms with Gasteiger partial charge in [-0.2, -0.15) is 11.8 Å². The third-order valence-corrected chi connectivity index (χ3v) is 4.74. The monoisotopic (exact) mass is 344 g/mol. The van der Waals surface area contributed by atoms with Crippen LogP contribution in [0, 0.1) is 5.41 Å². The summed E-state index contributed by atoms with van der Waals surface area (Å²) in [5.41, 5.74) is 7.51. The molecular formula is C16H25ClN2O2S. The van der Waals surface area contributed by atoms with E-state index in [0.29, 0.717) is 32.6 Å². The SMILES string of the molecule is CSCCc1ccc(NC(=O)C2(CN)CCOCC2)cc1.Cl. The summed E-state index contributed by atoms with van der Waals surface area (Å²) in [5, 5.41) is 3.01. The van der Waals surface area contributed by atoms with E-state index in [1.807, 2.05) is 23.9 Å². The van der Waals surface area contributed by atoms with E-state index in [4.69, 9.17) is 10.5 Å². The summed E-state index contributed by atoms with van der Waals surface area (Å²) in [6, 6.07) is 8.09. The van der Waals surface area contributed by atoms with Gasteiger partial charge in [0.2, 0.25) is 5.91 Å². The minimum Gasteiger partial charge on any atom is -0.381 e. The highest BCUT2D eigenvalue weighted by Crippen LogP contribution is 2.30. The molecule has 0 atom stereocenters. The largest absolute Gasteiger partial charge is 0.381 e. The molecule has 1 amide bonds. The topological polar surface area (TPSA) is 64.4 Å². The number of carbonyl (C=O) groups is 1. The second kappa shape index (κ2) is 9.40. The molecule has 3 N–H and O–H groups in total. The second-order valence-electron chi connectivity index (χ2n) is 5.49. The number of hydrogen-bond donors (Lipinski definition) is 2. The van der Waals surface area contributed by atoms with Crippen LogP contribution in [0.2, 0.25) is 0 Å². The molecular weight excluding hydrogens is 320 g/mol. The molecule has 6 heteroatoms. The van der Waals surface area contributed by atoms with Crippen molar-refractivity contribution in [3.8, 4) is 0 Å². The highest BCUT2D eigenvalue weighted by atomic mass is 35.5. The number of hydrogen-bond acceptors (Lipinski definition) is 4. The van der Waals surface area contributed by atoms with E-state index < -0.39 is 5.41 Å². The molecule has 1 aromatic carbocycles. The van der Waals surface area contributed by atoms with E-state index in [1.54, 1.807) is 0 Å². The smallest absolute Gasteiger partial charge is 0.232 e. The lowest BCUT2D eigenvalue weighted by atomic mass is 9.79. The van der Waals surface area contributed by atoms with Gasteiger partial charge < -0.3 is 15.8 Å². The van der Waals surface area contributed by atoms with Crippen LogP contribution in [-0.4, -0.2) is 37.7 Å². The first-order chi connectivity index (χ1) is 10.2. The zero-order chi connectivity index (χ0) is 15.1. The molecule has 4 nitrogen and oxygen atoms in total. The van der Waals surface area contributed by atoms with Crippen molar-refractivity contribution >= 4 is 35.8 Å². The summed E-state index contributed by atoms with van der Waals surface area (Å²) in [7, 11) is 0. The molecule has 1 aliphatic heterocycles. The molecule has 22 heavy (non-hydrogen) atoms. The van der Waals surface area contributed by atoms with E-state index in [9.17, 15) is 4.79 Å². The number of rotatable bonds is 6. The third kappa shape index (κ3) is 4.88. The summed E-state index contributed by atoms with van der Waals surface area (Å²) < 4.78 is 5.34. The lowest BCUT2D eigenvalue weighted by Gasteiger charge is -2.34. The molecule has 0 unspecified atom stereocenters. The van der Waals surface area contributed by atoms with Crippen molar-refractivity contribution in [2.75, 3.05) is 37.1 Å². The summed E-state index contributed by atoms with van der Waals surface area (Å²) in [6.07, 6.45) is 4.55. The lowest BCUT2D eigenvalue weighted by molar-refractivity contribution is -0.130. The Hall–Kier alpha value is -0.750. The van der Waals surface area contributed by atoms with Gasteiger partial charge in [-0.05, 0) is 49.0 Å². The Balaban J connectivity index is 0.00000242. The number of amides is 1. The summed E-state index contributed by atoms with van der Waals surface area (Å²) >= 11 is 1.84. The lowest BCUT2D eigenvalue weighted by Crippen LogP contribution is -2.46. The van der Waals surface area contributed by atoms with Crippen LogP contribution in [0.15, 0.2) is 24.3 Å². The number of aryl methyl sites for hydroxylation is 1. The van der Waals surface area contributed by atoms with Crippen molar-refractivity contribution in [2.24, 2.45) is 11.1 Å². The van der Waals surface area contributed by atoms with E-state index in [-0.39, 0.29) is 18.3 Å². The minimum absolute atomic E-state index is 0. The van der Waals surface area contributed by atoms with Crippen LogP contribution in [0.4, 0.5) is 5.69 Å². The highest BCUT2D eigenvalue weighted by molar-refractivity contribution is 7.98. The minimum atomic E-state index is -0.476. The van der Waals surface area contributed by atoms with Gasteiger partial charge in [-0.1, -0.05) is 12.1 Å². The number of thioether (sulfide) groups is 1. The second-order valence-corrected chi connectivity index (χ2v) is 6.48. The fourth-order valence-corrected chi connectivity index (χ4v) is 2.96. The van der Waals surface area contributed by atoms with E-state index >= 15 is 0 Å². The number of ether oxygens (including phenoxy) is 1. The molecule has 0 radical (unpaired) electrons. The highest BCUT2D eigenvalue weighted by Gasteiger charge is 2.38. The van der Waals surface area contributed by atoms with Crippen LogP contribution in [0.25, 0.3) is 0 Å². The first-order valence-electron chi connectivity index (χ1n) is 7.37. The number of benzene rings is 1. The average Bonchev–Trinajstić information content (AvgIpc) is 2.54. The number of halogens is 1. The van der Waals surface area contributed by atoms with Crippen LogP contribution in [0.1, 0.15) is 18.4 Å². The van der Waals surface area contributed by atoms with Gasteiger partial charge in [-0.15, -0.1) is 12.4 Å². The Morgan fingerprint density at radius 2 is 1.95 bits per heavy atom. The third-order valence-electron chi connectivity index (χ3n) is 4.13. The number of nitrogens with two attached hydrogens (primary N) is 1. The quantitative estimate of drug-likeness (QED) is 0.832. The maximum atomic E-state index is 12.5. The molecule has 0 aliphatic carbocycles. The first-order valence-corrected chi connectivity index (χ1v) is 8.77. The molecule has 1 heterocycles. The molecule has 1 saturated heterocycles. The van der Waals surface area contributed by atoms with Crippen molar-refractivity contribution in [1.82, 2.24) is 0 Å². The fraction of sp³-hybridized carbons (Fsp3) is 0.562. The molecule has 0 saturated carbocycles. The number of nitrogens with one attached hydrogen (secondary N) is 1. The Kier molecular flexibility index (Phi) is 8.25. The van der Waals surface area contributed by atoms with Crippen molar-refractivity contribution in [1.29, 1.82) is 0 Å². The average molecular weight is 345 g/mol. The van der Waals surface area contributed by atoms with E-state index in [0.717, 1.165) is 17.9 Å². The molecule has 1 aliphatic rings. The molecule has 0 aromatic heterocycles. The zero-order valence-electron chi connectivity index (χ0n) is 13.0. The van der Waals surface area contributed by atoms with E-state index in [2.05, 4.69) is 23.7 Å². The summed E-state index contributed by atoms with van der Waals surface area (Å²) in [6.45, 7) is 1.59. The van der Waals surface area contributed by atoms with Crippen molar-refractivity contribution in [3.05, 3.63) is 29.8 Å². The van der Waals surface area contributed by atoms with Gasteiger partial charge in [0.1, 0.15) is 0 Å². The first kappa shape index (κ1) is 19.3. The summed E-state index contributed by atoms with van der Waals surface area (Å²) in [5.74, 6) is 1.13. The van der Waals surface area contributed by atoms with Crippen LogP contribution in [0.3, 0.4) is 0 Å². The number of carbonyl (C=O) groups excluding carboxylic acids is 1. The van der Waals surface area contributed by atoms with E-state index in [1.165, 1.54) is 5.56 Å². The summed E-state index contributed by atoms with van der Waals surface area (Å²) in [4.78, 5) is 12.5. The molecule has 0 bridgehead atoms. The molecule has 1 aromatic rings. The Morgan fingerprint density at radius 1 is 1.32 bits per heavy atom. The fourth-order valence-electron chi connectivity index (χ4n) is 2.52. The van der Waals surface area contributed by atoms with Crippen LogP contribution in [-0.2, 0) is 16.0 Å². The van der Waals surface area contributed by atoms with Gasteiger partial charge in [-0.3, -0.25) is 4.79 Å². The maximum absolute atomic E-state index is 12.5. The normalized spacial score (nSPS) is 16.6. The van der Waals surface area contributed by atoms with Gasteiger partial charge >= 0.3 is 0 Å². The number of anilines is 1. The Bertz CT molecular complexity index is 462. The van der Waals surface area contributed by atoms with Gasteiger partial charge in [0.25, 0.3) is 0 Å².